The molecule has 9 nitrogen and oxygen atoms in total. The number of amides is 1. The van der Waals surface area contributed by atoms with Crippen LogP contribution in [0, 0.1) is 5.82 Å². The first-order valence-corrected chi connectivity index (χ1v) is 13.8. The van der Waals surface area contributed by atoms with Gasteiger partial charge in [-0.05, 0) is 72.1 Å². The number of hydrogen-bond donors (Lipinski definition) is 3. The van der Waals surface area contributed by atoms with Crippen molar-refractivity contribution in [1.29, 1.82) is 0 Å². The van der Waals surface area contributed by atoms with Crippen LogP contribution < -0.4 is 25.8 Å². The number of benzene rings is 3. The van der Waals surface area contributed by atoms with E-state index in [2.05, 4.69) is 4.98 Å². The van der Waals surface area contributed by atoms with E-state index < -0.39 is 0 Å². The minimum absolute atomic E-state index is 0.240. The van der Waals surface area contributed by atoms with Gasteiger partial charge in [-0.2, -0.15) is 0 Å². The number of carbonyl (C=O) groups is 1. The number of rotatable bonds is 10. The summed E-state index contributed by atoms with van der Waals surface area (Å²) in [6.07, 6.45) is 5.38. The molecule has 3 aromatic carbocycles. The van der Waals surface area contributed by atoms with Gasteiger partial charge in [-0.1, -0.05) is 17.7 Å². The highest BCUT2D eigenvalue weighted by atomic mass is 35.5. The maximum absolute atomic E-state index is 12.2. The third-order valence-electron chi connectivity index (χ3n) is 6.91. The quantitative estimate of drug-likeness (QED) is 0.100. The monoisotopic (exact) mass is 595 g/mol. The van der Waals surface area contributed by atoms with Crippen molar-refractivity contribution in [1.82, 2.24) is 14.9 Å². The first-order chi connectivity index (χ1) is 20.4. The van der Waals surface area contributed by atoms with Crippen molar-refractivity contribution >= 4 is 28.9 Å². The van der Waals surface area contributed by atoms with Gasteiger partial charge in [0.05, 0.1) is 26.9 Å². The third kappa shape index (κ3) is 7.26. The molecule has 222 valence electrons. The molecular weight excluding hydrogens is 561 g/mol. The number of nitrogens with one attached hydrogen (secondary N) is 1. The van der Waals surface area contributed by atoms with Crippen molar-refractivity contribution < 1.29 is 23.4 Å². The largest absolute Gasteiger partial charge is 0.497 e. The molecule has 1 aromatic heterocycles. The molecule has 5 rings (SSSR count). The zero-order valence-corrected chi connectivity index (χ0v) is 24.3. The van der Waals surface area contributed by atoms with Gasteiger partial charge >= 0.3 is 0 Å². The molecule has 0 radical (unpaired) electrons. The number of carbonyl (C=O) groups excluding carboxylic acids is 1. The Morgan fingerprint density at radius 1 is 1.10 bits per heavy atom. The fourth-order valence-electron chi connectivity index (χ4n) is 4.91. The number of halogens is 2. The molecule has 1 atom stereocenters. The summed E-state index contributed by atoms with van der Waals surface area (Å²) >= 11 is 6.24. The first-order valence-electron chi connectivity index (χ1n) is 13.4. The number of H-pyrrole nitrogens is 1. The van der Waals surface area contributed by atoms with Gasteiger partial charge < -0.3 is 34.8 Å². The van der Waals surface area contributed by atoms with Gasteiger partial charge in [0.1, 0.15) is 11.6 Å². The predicted molar refractivity (Wildman–Crippen MR) is 162 cm³/mol. The zero-order chi connectivity index (χ0) is 30.1. The normalized spacial score (nSPS) is 14.2. The summed E-state index contributed by atoms with van der Waals surface area (Å²) in [5, 5.41) is 3.29. The van der Waals surface area contributed by atoms with Crippen LogP contribution in [0.2, 0.25) is 5.02 Å². The number of fused-ring (bicyclic) bond motifs is 3. The van der Waals surface area contributed by atoms with Gasteiger partial charge in [0.2, 0.25) is 6.41 Å². The van der Waals surface area contributed by atoms with Crippen LogP contribution in [-0.4, -0.2) is 55.2 Å². The van der Waals surface area contributed by atoms with Crippen molar-refractivity contribution in [3.05, 3.63) is 101 Å². The smallest absolute Gasteiger partial charge is 0.210 e. The lowest BCUT2D eigenvalue weighted by Crippen LogP contribution is -2.35. The molecule has 0 spiro atoms. The van der Waals surface area contributed by atoms with Crippen molar-refractivity contribution in [3.8, 4) is 17.2 Å². The van der Waals surface area contributed by atoms with E-state index in [4.69, 9.17) is 37.4 Å². The third-order valence-corrected chi connectivity index (χ3v) is 7.15. The van der Waals surface area contributed by atoms with Gasteiger partial charge in [0, 0.05) is 53.5 Å². The molecule has 1 aliphatic heterocycles. The number of hydrogen-bond acceptors (Lipinski definition) is 7. The van der Waals surface area contributed by atoms with E-state index in [-0.39, 0.29) is 11.9 Å². The average molecular weight is 596 g/mol. The van der Waals surface area contributed by atoms with Crippen LogP contribution in [0.4, 0.5) is 4.39 Å². The number of nitrogens with two attached hydrogens (primary N) is 2. The molecule has 4 aromatic rings. The second-order valence-electron chi connectivity index (χ2n) is 9.55. The van der Waals surface area contributed by atoms with Crippen LogP contribution in [0.3, 0.4) is 0 Å². The van der Waals surface area contributed by atoms with Gasteiger partial charge in [-0.25, -0.2) is 10.2 Å². The van der Waals surface area contributed by atoms with Gasteiger partial charge in [0.25, 0.3) is 0 Å². The van der Waals surface area contributed by atoms with Crippen LogP contribution in [0.1, 0.15) is 29.3 Å². The van der Waals surface area contributed by atoms with Crippen LogP contribution in [0.5, 0.6) is 17.2 Å². The molecule has 11 heteroatoms. The SMILES string of the molecule is COc1cc(C2c3[nH]c4ccc(Cl)cc4c3CCN2C=O)ccc1OCCCN(N)/C=C\N.COc1ccc(F)cc1. The van der Waals surface area contributed by atoms with Crippen molar-refractivity contribution in [2.45, 2.75) is 18.9 Å². The Hall–Kier alpha value is -4.41. The summed E-state index contributed by atoms with van der Waals surface area (Å²) < 4.78 is 28.5. The maximum atomic E-state index is 12.2. The van der Waals surface area contributed by atoms with Crippen LogP contribution in [-0.2, 0) is 11.2 Å². The minimum Gasteiger partial charge on any atom is -0.497 e. The summed E-state index contributed by atoms with van der Waals surface area (Å²) in [6.45, 7) is 1.70. The highest BCUT2D eigenvalue weighted by molar-refractivity contribution is 6.31. The second kappa shape index (κ2) is 14.5. The molecule has 0 saturated heterocycles. The Morgan fingerprint density at radius 2 is 1.88 bits per heavy atom. The second-order valence-corrected chi connectivity index (χ2v) is 9.99. The van der Waals surface area contributed by atoms with E-state index in [0.29, 0.717) is 48.4 Å². The van der Waals surface area contributed by atoms with Crippen LogP contribution in [0.25, 0.3) is 10.9 Å². The van der Waals surface area contributed by atoms with Gasteiger partial charge in [0.15, 0.2) is 11.5 Å². The van der Waals surface area contributed by atoms with Crippen molar-refractivity contribution in [2.75, 3.05) is 33.9 Å². The molecular formula is C31H35ClFN5O4. The molecule has 1 amide bonds. The molecule has 0 fully saturated rings. The number of aromatic amines is 1. The highest BCUT2D eigenvalue weighted by Gasteiger charge is 2.31. The lowest BCUT2D eigenvalue weighted by Gasteiger charge is -2.33. The summed E-state index contributed by atoms with van der Waals surface area (Å²) in [6, 6.07) is 17.2. The number of hydrazine groups is 1. The minimum atomic E-state index is -0.255. The Morgan fingerprint density at radius 3 is 2.57 bits per heavy atom. The maximum Gasteiger partial charge on any atom is 0.210 e. The standard InChI is InChI=1S/C24H28ClN5O3.C7H7FO/c1-32-22-13-16(3-6-21(22)33-12-2-9-30(27)11-8-26)24-23-18(7-10-29(24)15-31)19-14-17(25)4-5-20(19)28-23;1-9-7-4-2-6(8)3-5-7/h3-6,8,11,13-15,24,28H,2,7,9-10,12,26-27H2,1H3;2-5H,1H3/b11-8-;. The lowest BCUT2D eigenvalue weighted by molar-refractivity contribution is -0.120. The van der Waals surface area contributed by atoms with Crippen LogP contribution >= 0.6 is 11.6 Å². The van der Waals surface area contributed by atoms with E-state index in [9.17, 15) is 9.18 Å². The summed E-state index contributed by atoms with van der Waals surface area (Å²) in [5.41, 5.74) is 9.46. The molecule has 1 aliphatic rings. The lowest BCUT2D eigenvalue weighted by atomic mass is 9.92. The average Bonchev–Trinajstić information content (AvgIpc) is 3.37. The predicted octanol–water partition coefficient (Wildman–Crippen LogP) is 5.14. The van der Waals surface area contributed by atoms with E-state index in [1.165, 1.54) is 28.9 Å². The summed E-state index contributed by atoms with van der Waals surface area (Å²) in [5.74, 6) is 7.45. The van der Waals surface area contributed by atoms with E-state index >= 15 is 0 Å². The Labute approximate surface area is 249 Å². The van der Waals surface area contributed by atoms with E-state index in [0.717, 1.165) is 35.0 Å². The van der Waals surface area contributed by atoms with Crippen molar-refractivity contribution in [2.24, 2.45) is 11.6 Å². The first kappa shape index (κ1) is 30.5. The molecule has 2 heterocycles. The fourth-order valence-corrected chi connectivity index (χ4v) is 5.08. The highest BCUT2D eigenvalue weighted by Crippen LogP contribution is 2.40. The topological polar surface area (TPSA) is 119 Å². The number of nitrogens with zero attached hydrogens (tertiary/aromatic N) is 2. The summed E-state index contributed by atoms with van der Waals surface area (Å²) in [4.78, 5) is 17.2. The van der Waals surface area contributed by atoms with Crippen LogP contribution in [0.15, 0.2) is 73.1 Å². The molecule has 0 aliphatic carbocycles. The molecule has 42 heavy (non-hydrogen) atoms. The van der Waals surface area contributed by atoms with E-state index in [1.807, 2.05) is 36.4 Å². The fraction of sp³-hybridized carbons (Fsp3) is 0.258. The number of ether oxygens (including phenoxy) is 3. The molecule has 5 N–H and O–H groups in total. The number of methoxy groups -OCH3 is 2. The Bertz CT molecular complexity index is 1510. The molecule has 1 unspecified atom stereocenters. The van der Waals surface area contributed by atoms with E-state index in [1.54, 1.807) is 37.5 Å². The van der Waals surface area contributed by atoms with Gasteiger partial charge in [-0.15, -0.1) is 0 Å². The number of aromatic nitrogens is 1. The Balaban J connectivity index is 0.000000385. The molecule has 0 bridgehead atoms. The Kier molecular flexibility index (Phi) is 10.5. The zero-order valence-electron chi connectivity index (χ0n) is 23.6. The van der Waals surface area contributed by atoms with Crippen molar-refractivity contribution in [3.63, 3.8) is 0 Å². The summed E-state index contributed by atoms with van der Waals surface area (Å²) in [7, 11) is 3.15. The molecule has 0 saturated carbocycles. The van der Waals surface area contributed by atoms with Gasteiger partial charge in [-0.3, -0.25) is 4.79 Å².